The predicted octanol–water partition coefficient (Wildman–Crippen LogP) is 3.39. The van der Waals surface area contributed by atoms with Crippen LogP contribution >= 0.6 is 0 Å². The average molecular weight is 339 g/mol. The second-order valence-electron chi connectivity index (χ2n) is 7.81. The molecule has 132 valence electrons. The molecule has 4 heteroatoms. The smallest absolute Gasteiger partial charge is 0.335 e. The molecular formula is C21H25NO3. The fourth-order valence-electron chi connectivity index (χ4n) is 4.51. The molecule has 1 aliphatic carbocycles. The van der Waals surface area contributed by atoms with E-state index in [1.165, 1.54) is 11.1 Å². The van der Waals surface area contributed by atoms with Crippen molar-refractivity contribution in [1.82, 2.24) is 4.90 Å². The van der Waals surface area contributed by atoms with Gasteiger partial charge < -0.3 is 9.64 Å². The number of hydrogen-bond donors (Lipinski definition) is 0. The second-order valence-corrected chi connectivity index (χ2v) is 7.81. The number of rotatable bonds is 1. The fraction of sp³-hybridized carbons (Fsp3) is 0.524. The third-order valence-electron chi connectivity index (χ3n) is 6.14. The molecule has 1 spiro atoms. The average Bonchev–Trinajstić information content (AvgIpc) is 2.87. The lowest BCUT2D eigenvalue weighted by molar-refractivity contribution is -0.151. The van der Waals surface area contributed by atoms with Gasteiger partial charge in [-0.15, -0.1) is 0 Å². The summed E-state index contributed by atoms with van der Waals surface area (Å²) < 4.78 is 5.78. The summed E-state index contributed by atoms with van der Waals surface area (Å²) in [6, 6.07) is 8.28. The summed E-state index contributed by atoms with van der Waals surface area (Å²) >= 11 is 0. The lowest BCUT2D eigenvalue weighted by Crippen LogP contribution is -2.45. The van der Waals surface area contributed by atoms with Crippen molar-refractivity contribution >= 4 is 11.9 Å². The first kappa shape index (κ1) is 16.4. The summed E-state index contributed by atoms with van der Waals surface area (Å²) in [6.07, 6.45) is 4.40. The van der Waals surface area contributed by atoms with Crippen LogP contribution in [0, 0.1) is 5.92 Å². The Bertz CT molecular complexity index is 756. The van der Waals surface area contributed by atoms with Crippen molar-refractivity contribution in [2.45, 2.75) is 58.1 Å². The Morgan fingerprint density at radius 2 is 1.88 bits per heavy atom. The van der Waals surface area contributed by atoms with E-state index in [9.17, 15) is 9.59 Å². The Morgan fingerprint density at radius 1 is 1.20 bits per heavy atom. The molecule has 0 radical (unpaired) electrons. The number of carbonyl (C=O) groups is 2. The zero-order chi connectivity index (χ0) is 17.6. The topological polar surface area (TPSA) is 46.6 Å². The van der Waals surface area contributed by atoms with Crippen LogP contribution in [-0.4, -0.2) is 28.9 Å². The van der Waals surface area contributed by atoms with E-state index in [0.29, 0.717) is 30.2 Å². The monoisotopic (exact) mass is 339 g/mol. The van der Waals surface area contributed by atoms with Gasteiger partial charge in [0.2, 0.25) is 0 Å². The number of fused-ring (bicyclic) bond motifs is 1. The van der Waals surface area contributed by atoms with Gasteiger partial charge in [0, 0.05) is 18.7 Å². The summed E-state index contributed by atoms with van der Waals surface area (Å²) in [5, 5.41) is 0. The highest BCUT2D eigenvalue weighted by Crippen LogP contribution is 2.46. The summed E-state index contributed by atoms with van der Waals surface area (Å²) in [6.45, 7) is 5.29. The van der Waals surface area contributed by atoms with Gasteiger partial charge in [-0.25, -0.2) is 4.79 Å². The van der Waals surface area contributed by atoms with Crippen molar-refractivity contribution in [3.05, 3.63) is 46.5 Å². The van der Waals surface area contributed by atoms with E-state index in [4.69, 9.17) is 4.74 Å². The van der Waals surface area contributed by atoms with E-state index in [-0.39, 0.29) is 11.9 Å². The van der Waals surface area contributed by atoms with Crippen molar-refractivity contribution in [2.24, 2.45) is 5.92 Å². The maximum Gasteiger partial charge on any atom is 0.335 e. The summed E-state index contributed by atoms with van der Waals surface area (Å²) in [4.78, 5) is 27.5. The van der Waals surface area contributed by atoms with Crippen LogP contribution in [0.2, 0.25) is 0 Å². The SMILES string of the molecule is CC1=C(C(=O)N2CCc3ccccc3C2)C2(CCC(C)CC2)OC1=O. The zero-order valence-corrected chi connectivity index (χ0v) is 15.0. The Hall–Kier alpha value is -2.10. The molecule has 0 aromatic heterocycles. The molecule has 0 bridgehead atoms. The van der Waals surface area contributed by atoms with Crippen LogP contribution in [0.5, 0.6) is 0 Å². The minimum Gasteiger partial charge on any atom is -0.451 e. The molecule has 1 fully saturated rings. The highest BCUT2D eigenvalue weighted by Gasteiger charge is 2.51. The molecule has 2 aliphatic heterocycles. The van der Waals surface area contributed by atoms with Gasteiger partial charge in [-0.2, -0.15) is 0 Å². The quantitative estimate of drug-likeness (QED) is 0.737. The highest BCUT2D eigenvalue weighted by molar-refractivity contribution is 6.07. The van der Waals surface area contributed by atoms with E-state index in [1.54, 1.807) is 6.92 Å². The molecule has 4 rings (SSSR count). The summed E-state index contributed by atoms with van der Waals surface area (Å²) in [7, 11) is 0. The van der Waals surface area contributed by atoms with E-state index in [2.05, 4.69) is 19.1 Å². The number of nitrogens with zero attached hydrogens (tertiary/aromatic N) is 1. The van der Waals surface area contributed by atoms with Crippen LogP contribution in [0.3, 0.4) is 0 Å². The number of benzene rings is 1. The predicted molar refractivity (Wildman–Crippen MR) is 94.7 cm³/mol. The Kier molecular flexibility index (Phi) is 3.94. The summed E-state index contributed by atoms with van der Waals surface area (Å²) in [5.41, 5.74) is 2.98. The first-order chi connectivity index (χ1) is 12.0. The van der Waals surface area contributed by atoms with Gasteiger partial charge in [0.25, 0.3) is 5.91 Å². The van der Waals surface area contributed by atoms with Crippen molar-refractivity contribution in [3.8, 4) is 0 Å². The maximum absolute atomic E-state index is 13.4. The molecule has 1 saturated carbocycles. The van der Waals surface area contributed by atoms with E-state index in [1.807, 2.05) is 17.0 Å². The van der Waals surface area contributed by atoms with Crippen LogP contribution < -0.4 is 0 Å². The van der Waals surface area contributed by atoms with Gasteiger partial charge in [-0.05, 0) is 56.1 Å². The van der Waals surface area contributed by atoms with Crippen LogP contribution in [0.1, 0.15) is 50.7 Å². The third kappa shape index (κ3) is 2.68. The van der Waals surface area contributed by atoms with Crippen molar-refractivity contribution in [2.75, 3.05) is 6.54 Å². The first-order valence-corrected chi connectivity index (χ1v) is 9.31. The lowest BCUT2D eigenvalue weighted by Gasteiger charge is -2.38. The molecule has 2 heterocycles. The molecule has 0 saturated heterocycles. The molecule has 3 aliphatic rings. The number of hydrogen-bond acceptors (Lipinski definition) is 3. The van der Waals surface area contributed by atoms with E-state index < -0.39 is 5.60 Å². The molecule has 1 amide bonds. The Labute approximate surface area is 148 Å². The highest BCUT2D eigenvalue weighted by atomic mass is 16.6. The van der Waals surface area contributed by atoms with Crippen LogP contribution in [-0.2, 0) is 27.3 Å². The molecule has 4 nitrogen and oxygen atoms in total. The first-order valence-electron chi connectivity index (χ1n) is 9.31. The van der Waals surface area contributed by atoms with Gasteiger partial charge in [-0.1, -0.05) is 31.2 Å². The molecule has 0 N–H and O–H groups in total. The lowest BCUT2D eigenvalue weighted by atomic mass is 9.74. The standard InChI is InChI=1S/C21H25NO3/c1-14-7-10-21(11-8-14)18(15(2)20(24)25-21)19(23)22-12-9-16-5-3-4-6-17(16)13-22/h3-6,14H,7-13H2,1-2H3. The molecule has 1 aromatic carbocycles. The molecule has 0 unspecified atom stereocenters. The number of amides is 1. The van der Waals surface area contributed by atoms with Crippen LogP contribution in [0.15, 0.2) is 35.4 Å². The third-order valence-corrected chi connectivity index (χ3v) is 6.14. The number of ether oxygens (including phenoxy) is 1. The fourth-order valence-corrected chi connectivity index (χ4v) is 4.51. The maximum atomic E-state index is 13.4. The Balaban J connectivity index is 1.63. The molecule has 0 atom stereocenters. The van der Waals surface area contributed by atoms with Crippen LogP contribution in [0.25, 0.3) is 0 Å². The van der Waals surface area contributed by atoms with Crippen LogP contribution in [0.4, 0.5) is 0 Å². The minimum absolute atomic E-state index is 0.00703. The normalized spacial score (nSPS) is 29.0. The molecule has 1 aromatic rings. The van der Waals surface area contributed by atoms with Gasteiger partial charge in [0.1, 0.15) is 5.60 Å². The zero-order valence-electron chi connectivity index (χ0n) is 15.0. The van der Waals surface area contributed by atoms with Gasteiger partial charge >= 0.3 is 5.97 Å². The Morgan fingerprint density at radius 3 is 2.60 bits per heavy atom. The van der Waals surface area contributed by atoms with Gasteiger partial charge in [-0.3, -0.25) is 4.79 Å². The molecule has 25 heavy (non-hydrogen) atoms. The van der Waals surface area contributed by atoms with Crippen molar-refractivity contribution in [1.29, 1.82) is 0 Å². The number of carbonyl (C=O) groups excluding carboxylic acids is 2. The van der Waals surface area contributed by atoms with E-state index >= 15 is 0 Å². The number of esters is 1. The summed E-state index contributed by atoms with van der Waals surface area (Å²) in [5.74, 6) is 0.311. The van der Waals surface area contributed by atoms with Gasteiger partial charge in [0.05, 0.1) is 5.57 Å². The second kappa shape index (κ2) is 6.01. The minimum atomic E-state index is -0.679. The molecular weight excluding hydrogens is 314 g/mol. The van der Waals surface area contributed by atoms with E-state index in [0.717, 1.165) is 32.1 Å². The van der Waals surface area contributed by atoms with Crippen molar-refractivity contribution in [3.63, 3.8) is 0 Å². The van der Waals surface area contributed by atoms with Gasteiger partial charge in [0.15, 0.2) is 0 Å². The van der Waals surface area contributed by atoms with Crippen molar-refractivity contribution < 1.29 is 14.3 Å². The largest absolute Gasteiger partial charge is 0.451 e.